The lowest BCUT2D eigenvalue weighted by Gasteiger charge is -2.20. The second-order valence-electron chi connectivity index (χ2n) is 5.54. The van der Waals surface area contributed by atoms with E-state index in [1.165, 1.54) is 25.7 Å². The number of methoxy groups -OCH3 is 1. The highest BCUT2D eigenvalue weighted by molar-refractivity contribution is 5.88. The third-order valence-corrected chi connectivity index (χ3v) is 3.89. The van der Waals surface area contributed by atoms with Crippen molar-refractivity contribution in [3.05, 3.63) is 18.0 Å². The minimum Gasteiger partial charge on any atom is -0.371 e. The zero-order chi connectivity index (χ0) is 13.2. The Bertz CT molecular complexity index is 417. The molecule has 4 nitrogen and oxygen atoms in total. The average molecular weight is 250 g/mol. The molecule has 1 aromatic rings. The van der Waals surface area contributed by atoms with Gasteiger partial charge in [-0.1, -0.05) is 12.8 Å². The molecular formula is C14H22N2O2. The summed E-state index contributed by atoms with van der Waals surface area (Å²) in [6.07, 6.45) is 7.33. The third-order valence-electron chi connectivity index (χ3n) is 3.89. The van der Waals surface area contributed by atoms with Crippen molar-refractivity contribution in [1.82, 2.24) is 9.78 Å². The summed E-state index contributed by atoms with van der Waals surface area (Å²) < 4.78 is 7.22. The molecule has 1 aliphatic carbocycles. The largest absolute Gasteiger partial charge is 0.371 e. The normalized spacial score (nSPS) is 17.3. The highest BCUT2D eigenvalue weighted by Gasteiger charge is 2.27. The Morgan fingerprint density at radius 1 is 1.50 bits per heavy atom. The molecule has 0 spiro atoms. The number of Topliss-reactive ketones (excluding diaryl/α,β-unsaturated/α-hetero) is 1. The molecule has 0 aliphatic heterocycles. The van der Waals surface area contributed by atoms with Gasteiger partial charge < -0.3 is 4.74 Å². The predicted octanol–water partition coefficient (Wildman–Crippen LogP) is 2.53. The first kappa shape index (κ1) is 13.3. The molecule has 0 saturated heterocycles. The summed E-state index contributed by atoms with van der Waals surface area (Å²) in [5.74, 6) is 0.0710. The Morgan fingerprint density at radius 3 is 2.78 bits per heavy atom. The summed E-state index contributed by atoms with van der Waals surface area (Å²) in [6, 6.07) is 2.48. The SMILES string of the molecule is COC(C)(C)C(=O)Cc1ccn(C2CCCC2)n1. The van der Waals surface area contributed by atoms with Gasteiger partial charge in [0.25, 0.3) is 0 Å². The maximum Gasteiger partial charge on any atom is 0.170 e. The summed E-state index contributed by atoms with van der Waals surface area (Å²) in [6.45, 7) is 3.59. The molecule has 0 N–H and O–H groups in total. The quantitative estimate of drug-likeness (QED) is 0.806. The second kappa shape index (κ2) is 5.22. The minimum atomic E-state index is -0.725. The van der Waals surface area contributed by atoms with Gasteiger partial charge in [0, 0.05) is 13.3 Å². The number of aromatic nitrogens is 2. The van der Waals surface area contributed by atoms with E-state index in [9.17, 15) is 4.79 Å². The lowest BCUT2D eigenvalue weighted by molar-refractivity contribution is -0.136. The average Bonchev–Trinajstić information content (AvgIpc) is 2.98. The number of hydrogen-bond donors (Lipinski definition) is 0. The molecule has 0 amide bonds. The van der Waals surface area contributed by atoms with Crippen LogP contribution in [0.4, 0.5) is 0 Å². The van der Waals surface area contributed by atoms with Crippen LogP contribution in [0.25, 0.3) is 0 Å². The summed E-state index contributed by atoms with van der Waals surface area (Å²) in [5.41, 5.74) is 0.119. The fourth-order valence-electron chi connectivity index (χ4n) is 2.34. The molecule has 1 aromatic heterocycles. The van der Waals surface area contributed by atoms with Crippen molar-refractivity contribution in [3.63, 3.8) is 0 Å². The molecule has 0 bridgehead atoms. The fraction of sp³-hybridized carbons (Fsp3) is 0.714. The smallest absolute Gasteiger partial charge is 0.170 e. The topological polar surface area (TPSA) is 44.1 Å². The first-order valence-electron chi connectivity index (χ1n) is 6.65. The van der Waals surface area contributed by atoms with E-state index in [1.54, 1.807) is 21.0 Å². The van der Waals surface area contributed by atoms with Crippen LogP contribution in [0.1, 0.15) is 51.3 Å². The van der Waals surface area contributed by atoms with Crippen molar-refractivity contribution in [3.8, 4) is 0 Å². The van der Waals surface area contributed by atoms with Crippen molar-refractivity contribution in [2.24, 2.45) is 0 Å². The van der Waals surface area contributed by atoms with Crippen LogP contribution in [-0.4, -0.2) is 28.3 Å². The van der Waals surface area contributed by atoms with Crippen LogP contribution in [0.5, 0.6) is 0 Å². The Hall–Kier alpha value is -1.16. The van der Waals surface area contributed by atoms with Gasteiger partial charge in [-0.3, -0.25) is 9.48 Å². The number of ketones is 1. The second-order valence-corrected chi connectivity index (χ2v) is 5.54. The molecule has 0 atom stereocenters. The summed E-state index contributed by atoms with van der Waals surface area (Å²) in [5, 5.41) is 4.52. The molecule has 18 heavy (non-hydrogen) atoms. The van der Waals surface area contributed by atoms with E-state index >= 15 is 0 Å². The minimum absolute atomic E-state index is 0.0710. The van der Waals surface area contributed by atoms with Gasteiger partial charge in [0.2, 0.25) is 0 Å². The van der Waals surface area contributed by atoms with Gasteiger partial charge in [0.15, 0.2) is 5.78 Å². The maximum absolute atomic E-state index is 12.0. The van der Waals surface area contributed by atoms with E-state index < -0.39 is 5.60 Å². The van der Waals surface area contributed by atoms with Crippen molar-refractivity contribution < 1.29 is 9.53 Å². The van der Waals surface area contributed by atoms with Gasteiger partial charge in [-0.15, -0.1) is 0 Å². The molecule has 0 aromatic carbocycles. The zero-order valence-corrected chi connectivity index (χ0v) is 11.5. The maximum atomic E-state index is 12.0. The fourth-order valence-corrected chi connectivity index (χ4v) is 2.34. The van der Waals surface area contributed by atoms with Crippen LogP contribution in [0, 0.1) is 0 Å². The molecule has 1 heterocycles. The van der Waals surface area contributed by atoms with Gasteiger partial charge >= 0.3 is 0 Å². The van der Waals surface area contributed by atoms with E-state index in [4.69, 9.17) is 4.74 Å². The monoisotopic (exact) mass is 250 g/mol. The van der Waals surface area contributed by atoms with E-state index in [-0.39, 0.29) is 5.78 Å². The number of carbonyl (C=O) groups is 1. The van der Waals surface area contributed by atoms with Gasteiger partial charge in [0.05, 0.1) is 18.2 Å². The standard InChI is InChI=1S/C14H22N2O2/c1-14(2,18-3)13(17)10-11-8-9-16(15-11)12-6-4-5-7-12/h8-9,12H,4-7,10H2,1-3H3. The first-order chi connectivity index (χ1) is 8.53. The van der Waals surface area contributed by atoms with Crippen molar-refractivity contribution >= 4 is 5.78 Å². The van der Waals surface area contributed by atoms with Gasteiger partial charge in [-0.2, -0.15) is 5.10 Å². The van der Waals surface area contributed by atoms with Crippen LogP contribution in [0.15, 0.2) is 12.3 Å². The van der Waals surface area contributed by atoms with Gasteiger partial charge in [-0.05, 0) is 32.8 Å². The van der Waals surface area contributed by atoms with Gasteiger partial charge in [0.1, 0.15) is 5.60 Å². The number of rotatable bonds is 5. The number of ether oxygens (including phenoxy) is 1. The Morgan fingerprint density at radius 2 is 2.17 bits per heavy atom. The van der Waals surface area contributed by atoms with E-state index in [0.717, 1.165) is 5.69 Å². The molecule has 1 saturated carbocycles. The molecule has 1 fully saturated rings. The molecule has 4 heteroatoms. The van der Waals surface area contributed by atoms with Gasteiger partial charge in [-0.25, -0.2) is 0 Å². The summed E-state index contributed by atoms with van der Waals surface area (Å²) in [4.78, 5) is 12.0. The zero-order valence-electron chi connectivity index (χ0n) is 11.5. The summed E-state index contributed by atoms with van der Waals surface area (Å²) >= 11 is 0. The molecule has 0 radical (unpaired) electrons. The lowest BCUT2D eigenvalue weighted by atomic mass is 9.99. The Balaban J connectivity index is 2.00. The molecule has 100 valence electrons. The van der Waals surface area contributed by atoms with Crippen LogP contribution in [0.2, 0.25) is 0 Å². The third kappa shape index (κ3) is 2.80. The number of nitrogens with zero attached hydrogens (tertiary/aromatic N) is 2. The van der Waals surface area contributed by atoms with Crippen LogP contribution >= 0.6 is 0 Å². The van der Waals surface area contributed by atoms with Crippen LogP contribution in [0.3, 0.4) is 0 Å². The summed E-state index contributed by atoms with van der Waals surface area (Å²) in [7, 11) is 1.56. The Labute approximate surface area is 108 Å². The molecule has 2 rings (SSSR count). The Kier molecular flexibility index (Phi) is 3.85. The van der Waals surface area contributed by atoms with Crippen LogP contribution in [-0.2, 0) is 16.0 Å². The van der Waals surface area contributed by atoms with Crippen LogP contribution < -0.4 is 0 Å². The predicted molar refractivity (Wildman–Crippen MR) is 69.5 cm³/mol. The highest BCUT2D eigenvalue weighted by atomic mass is 16.5. The highest BCUT2D eigenvalue weighted by Crippen LogP contribution is 2.28. The molecular weight excluding hydrogens is 228 g/mol. The van der Waals surface area contributed by atoms with E-state index in [1.807, 2.05) is 16.9 Å². The van der Waals surface area contributed by atoms with Crippen molar-refractivity contribution in [1.29, 1.82) is 0 Å². The lowest BCUT2D eigenvalue weighted by Crippen LogP contribution is -2.35. The molecule has 0 unspecified atom stereocenters. The van der Waals surface area contributed by atoms with E-state index in [2.05, 4.69) is 5.10 Å². The van der Waals surface area contributed by atoms with Crippen molar-refractivity contribution in [2.45, 2.75) is 57.6 Å². The first-order valence-corrected chi connectivity index (χ1v) is 6.65. The van der Waals surface area contributed by atoms with E-state index in [0.29, 0.717) is 12.5 Å². The number of hydrogen-bond acceptors (Lipinski definition) is 3. The number of carbonyl (C=O) groups excluding carboxylic acids is 1. The van der Waals surface area contributed by atoms with Crippen molar-refractivity contribution in [2.75, 3.05) is 7.11 Å². The molecule has 1 aliphatic rings.